The highest BCUT2D eigenvalue weighted by Crippen LogP contribution is 2.28. The molecule has 0 bridgehead atoms. The molecule has 0 aliphatic carbocycles. The number of nitrogens with one attached hydrogen (secondary N) is 1. The predicted octanol–water partition coefficient (Wildman–Crippen LogP) is 3.74. The van der Waals surface area contributed by atoms with Gasteiger partial charge in [-0.05, 0) is 44.2 Å². The van der Waals surface area contributed by atoms with Crippen molar-refractivity contribution in [2.24, 2.45) is 0 Å². The summed E-state index contributed by atoms with van der Waals surface area (Å²) in [5, 5.41) is 4.70. The lowest BCUT2D eigenvalue weighted by atomic mass is 10.2. The zero-order valence-corrected chi connectivity index (χ0v) is 11.1. The van der Waals surface area contributed by atoms with Gasteiger partial charge in [-0.2, -0.15) is 0 Å². The molecule has 1 rings (SSSR count). The maximum atomic E-state index is 5.99. The molecule has 0 aromatic heterocycles. The Morgan fingerprint density at radius 2 is 2.20 bits per heavy atom. The van der Waals surface area contributed by atoms with Gasteiger partial charge < -0.3 is 5.32 Å². The van der Waals surface area contributed by atoms with E-state index in [0.717, 1.165) is 17.1 Å². The van der Waals surface area contributed by atoms with Crippen LogP contribution in [-0.4, -0.2) is 18.8 Å². The minimum atomic E-state index is 0.635. The molecule has 0 saturated heterocycles. The molecule has 0 heterocycles. The van der Waals surface area contributed by atoms with Gasteiger partial charge in [-0.15, -0.1) is 11.8 Å². The first kappa shape index (κ1) is 12.9. The van der Waals surface area contributed by atoms with Crippen molar-refractivity contribution < 1.29 is 0 Å². The summed E-state index contributed by atoms with van der Waals surface area (Å²) in [6.45, 7) is 5.31. The van der Waals surface area contributed by atoms with Crippen LogP contribution in [0.15, 0.2) is 23.1 Å². The Labute approximate surface area is 102 Å². The van der Waals surface area contributed by atoms with E-state index in [1.165, 1.54) is 11.3 Å². The van der Waals surface area contributed by atoms with Crippen molar-refractivity contribution in [3.05, 3.63) is 28.8 Å². The van der Waals surface area contributed by atoms with E-state index in [-0.39, 0.29) is 0 Å². The van der Waals surface area contributed by atoms with Crippen LogP contribution in [0.4, 0.5) is 0 Å². The molecule has 1 atom stereocenters. The smallest absolute Gasteiger partial charge is 0.0435 e. The number of halogens is 1. The van der Waals surface area contributed by atoms with Gasteiger partial charge in [0.25, 0.3) is 0 Å². The lowest BCUT2D eigenvalue weighted by Crippen LogP contribution is -2.20. The third kappa shape index (κ3) is 4.06. The summed E-state index contributed by atoms with van der Waals surface area (Å²) in [4.78, 5) is 1.30. The number of rotatable bonds is 5. The fraction of sp³-hybridized carbons (Fsp3) is 0.500. The molecule has 1 nitrogen and oxygen atoms in total. The lowest BCUT2D eigenvalue weighted by molar-refractivity contribution is 0.726. The van der Waals surface area contributed by atoms with Gasteiger partial charge in [-0.3, -0.25) is 0 Å². The summed E-state index contributed by atoms with van der Waals surface area (Å²) in [5.41, 5.74) is 1.15. The normalized spacial score (nSPS) is 12.8. The van der Waals surface area contributed by atoms with Gasteiger partial charge >= 0.3 is 0 Å². The van der Waals surface area contributed by atoms with Gasteiger partial charge in [-0.1, -0.05) is 18.5 Å². The van der Waals surface area contributed by atoms with Gasteiger partial charge in [0.1, 0.15) is 0 Å². The van der Waals surface area contributed by atoms with Gasteiger partial charge in [0, 0.05) is 21.7 Å². The zero-order valence-electron chi connectivity index (χ0n) is 9.51. The van der Waals surface area contributed by atoms with E-state index in [4.69, 9.17) is 11.6 Å². The summed E-state index contributed by atoms with van der Waals surface area (Å²) in [7, 11) is 2.00. The molecule has 0 fully saturated rings. The highest BCUT2D eigenvalue weighted by atomic mass is 35.5. The Kier molecular flexibility index (Phi) is 5.51. The zero-order chi connectivity index (χ0) is 11.3. The molecule has 15 heavy (non-hydrogen) atoms. The molecular formula is C12H18ClNS. The molecule has 1 aromatic rings. The highest BCUT2D eigenvalue weighted by Gasteiger charge is 2.07. The standard InChI is InChI=1S/C12H18ClNS/c1-4-10(8-14-3)15-11-5-6-12(13)9(2)7-11/h5-7,10,14H,4,8H2,1-3H3. The fourth-order valence-corrected chi connectivity index (χ4v) is 2.69. The van der Waals surface area contributed by atoms with Crippen LogP contribution in [0, 0.1) is 6.92 Å². The van der Waals surface area contributed by atoms with Crippen molar-refractivity contribution in [1.29, 1.82) is 0 Å². The molecule has 0 radical (unpaired) electrons. The second kappa shape index (κ2) is 6.41. The minimum absolute atomic E-state index is 0.635. The molecule has 1 aromatic carbocycles. The number of thioether (sulfide) groups is 1. The van der Waals surface area contributed by atoms with Crippen molar-refractivity contribution in [3.8, 4) is 0 Å². The molecule has 3 heteroatoms. The third-order valence-electron chi connectivity index (χ3n) is 2.32. The second-order valence-electron chi connectivity index (χ2n) is 3.62. The Bertz CT molecular complexity index is 314. The summed E-state index contributed by atoms with van der Waals surface area (Å²) in [6, 6.07) is 6.23. The Morgan fingerprint density at radius 3 is 2.73 bits per heavy atom. The van der Waals surface area contributed by atoms with Gasteiger partial charge in [-0.25, -0.2) is 0 Å². The van der Waals surface area contributed by atoms with E-state index in [2.05, 4.69) is 24.4 Å². The van der Waals surface area contributed by atoms with Crippen LogP contribution >= 0.6 is 23.4 Å². The number of aryl methyl sites for hydroxylation is 1. The topological polar surface area (TPSA) is 12.0 Å². The highest BCUT2D eigenvalue weighted by molar-refractivity contribution is 8.00. The van der Waals surface area contributed by atoms with Crippen molar-refractivity contribution in [1.82, 2.24) is 5.32 Å². The van der Waals surface area contributed by atoms with E-state index in [1.54, 1.807) is 0 Å². The summed E-state index contributed by atoms with van der Waals surface area (Å²) in [5.74, 6) is 0. The quantitative estimate of drug-likeness (QED) is 0.791. The van der Waals surface area contributed by atoms with Crippen LogP contribution in [0.25, 0.3) is 0 Å². The van der Waals surface area contributed by atoms with Crippen LogP contribution in [0.3, 0.4) is 0 Å². The van der Waals surface area contributed by atoms with Crippen molar-refractivity contribution in [2.45, 2.75) is 30.4 Å². The third-order valence-corrected chi connectivity index (χ3v) is 4.10. The molecule has 84 valence electrons. The summed E-state index contributed by atoms with van der Waals surface area (Å²) >= 11 is 7.91. The van der Waals surface area contributed by atoms with Gasteiger partial charge in [0.15, 0.2) is 0 Å². The first-order valence-corrected chi connectivity index (χ1v) is 6.50. The molecule has 0 aliphatic rings. The Hall–Kier alpha value is -0.180. The maximum absolute atomic E-state index is 5.99. The van der Waals surface area contributed by atoms with Gasteiger partial charge in [0.2, 0.25) is 0 Å². The van der Waals surface area contributed by atoms with Crippen LogP contribution < -0.4 is 5.32 Å². The Morgan fingerprint density at radius 1 is 1.47 bits per heavy atom. The average Bonchev–Trinajstić information content (AvgIpc) is 2.23. The van der Waals surface area contributed by atoms with E-state index >= 15 is 0 Å². The van der Waals surface area contributed by atoms with Crippen LogP contribution in [0.5, 0.6) is 0 Å². The van der Waals surface area contributed by atoms with E-state index in [0.29, 0.717) is 5.25 Å². The molecule has 0 spiro atoms. The van der Waals surface area contributed by atoms with Crippen LogP contribution in [-0.2, 0) is 0 Å². The molecule has 0 saturated carbocycles. The van der Waals surface area contributed by atoms with Crippen molar-refractivity contribution in [3.63, 3.8) is 0 Å². The monoisotopic (exact) mass is 243 g/mol. The first-order chi connectivity index (χ1) is 7.17. The molecule has 0 aliphatic heterocycles. The summed E-state index contributed by atoms with van der Waals surface area (Å²) < 4.78 is 0. The van der Waals surface area contributed by atoms with Crippen molar-refractivity contribution in [2.75, 3.05) is 13.6 Å². The van der Waals surface area contributed by atoms with Crippen LogP contribution in [0.1, 0.15) is 18.9 Å². The Balaban J connectivity index is 2.66. The van der Waals surface area contributed by atoms with E-state index in [1.807, 2.05) is 31.8 Å². The van der Waals surface area contributed by atoms with Gasteiger partial charge in [0.05, 0.1) is 0 Å². The maximum Gasteiger partial charge on any atom is 0.0435 e. The first-order valence-electron chi connectivity index (χ1n) is 5.24. The lowest BCUT2D eigenvalue weighted by Gasteiger charge is -2.14. The van der Waals surface area contributed by atoms with Crippen LogP contribution in [0.2, 0.25) is 5.02 Å². The van der Waals surface area contributed by atoms with E-state index in [9.17, 15) is 0 Å². The van der Waals surface area contributed by atoms with E-state index < -0.39 is 0 Å². The van der Waals surface area contributed by atoms with Crippen molar-refractivity contribution >= 4 is 23.4 Å². The molecule has 1 N–H and O–H groups in total. The SMILES string of the molecule is CCC(CNC)Sc1ccc(Cl)c(C)c1. The summed E-state index contributed by atoms with van der Waals surface area (Å²) in [6.07, 6.45) is 1.17. The fourth-order valence-electron chi connectivity index (χ4n) is 1.38. The number of benzene rings is 1. The molecular weight excluding hydrogens is 226 g/mol. The largest absolute Gasteiger partial charge is 0.319 e. The molecule has 0 amide bonds. The predicted molar refractivity (Wildman–Crippen MR) is 70.1 cm³/mol. The number of hydrogen-bond donors (Lipinski definition) is 1. The second-order valence-corrected chi connectivity index (χ2v) is 5.40. The average molecular weight is 244 g/mol. The minimum Gasteiger partial charge on any atom is -0.319 e. The molecule has 1 unspecified atom stereocenters. The number of hydrogen-bond acceptors (Lipinski definition) is 2.